The summed E-state index contributed by atoms with van der Waals surface area (Å²) in [5, 5.41) is 17.6. The number of carbonyl (C=O) groups excluding carboxylic acids is 1. The number of nitrogens with zero attached hydrogens (tertiary/aromatic N) is 3. The molecule has 6 heteroatoms. The Hall–Kier alpha value is -2.96. The van der Waals surface area contributed by atoms with Crippen molar-refractivity contribution >= 4 is 5.91 Å². The number of aromatic nitrogens is 2. The summed E-state index contributed by atoms with van der Waals surface area (Å²) in [6.07, 6.45) is 1.99. The van der Waals surface area contributed by atoms with Crippen molar-refractivity contribution in [3.05, 3.63) is 72.4 Å². The second kappa shape index (κ2) is 7.96. The second-order valence-corrected chi connectivity index (χ2v) is 7.19. The molecule has 2 unspecified atom stereocenters. The second-order valence-electron chi connectivity index (χ2n) is 7.19. The number of hydrogen-bond donors (Lipinski definition) is 2. The van der Waals surface area contributed by atoms with Crippen LogP contribution in [0.1, 0.15) is 12.0 Å². The summed E-state index contributed by atoms with van der Waals surface area (Å²) in [5.41, 5.74) is 3.83. The van der Waals surface area contributed by atoms with Gasteiger partial charge in [0.15, 0.2) is 0 Å². The highest BCUT2D eigenvalue weighted by Crippen LogP contribution is 2.25. The molecule has 0 saturated carbocycles. The molecule has 6 nitrogen and oxygen atoms in total. The zero-order valence-corrected chi connectivity index (χ0v) is 15.8. The average molecular weight is 376 g/mol. The number of β-amino-alcohol motifs (C(OH)–C–C–N with tert-alkyl or cyclic N) is 1. The van der Waals surface area contributed by atoms with Crippen molar-refractivity contribution in [1.29, 1.82) is 0 Å². The first-order chi connectivity index (χ1) is 13.6. The number of nitrogens with one attached hydrogen (secondary N) is 1. The first-order valence-electron chi connectivity index (χ1n) is 9.47. The Morgan fingerprint density at radius 3 is 2.50 bits per heavy atom. The van der Waals surface area contributed by atoms with Crippen LogP contribution >= 0.6 is 0 Å². The number of benzene rings is 2. The predicted octanol–water partition coefficient (Wildman–Crippen LogP) is 2.22. The third kappa shape index (κ3) is 3.83. The molecule has 2 aromatic carbocycles. The van der Waals surface area contributed by atoms with E-state index < -0.39 is 6.10 Å². The SMILES string of the molecule is CN(Cc1cn(-c2ccccc2)nc1-c1ccccc1)C(=O)C1CC(O)CN1. The fourth-order valence-electron chi connectivity index (χ4n) is 3.58. The average Bonchev–Trinajstić information content (AvgIpc) is 3.35. The van der Waals surface area contributed by atoms with E-state index >= 15 is 0 Å². The Kier molecular flexibility index (Phi) is 5.23. The minimum Gasteiger partial charge on any atom is -0.392 e. The molecule has 0 aliphatic carbocycles. The quantitative estimate of drug-likeness (QED) is 0.716. The van der Waals surface area contributed by atoms with Gasteiger partial charge in [0.25, 0.3) is 0 Å². The van der Waals surface area contributed by atoms with Crippen molar-refractivity contribution in [1.82, 2.24) is 20.0 Å². The molecule has 1 aliphatic heterocycles. The Morgan fingerprint density at radius 2 is 1.86 bits per heavy atom. The van der Waals surface area contributed by atoms with Crippen molar-refractivity contribution < 1.29 is 9.90 Å². The molecular weight excluding hydrogens is 352 g/mol. The number of aliphatic hydroxyl groups is 1. The standard InChI is InChI=1S/C22H24N4O2/c1-25(22(28)20-12-19(27)13-23-20)14-17-15-26(18-10-6-3-7-11-18)24-21(17)16-8-4-2-5-9-16/h2-11,15,19-20,23,27H,12-14H2,1H3. The molecule has 0 bridgehead atoms. The number of amides is 1. The largest absolute Gasteiger partial charge is 0.392 e. The van der Waals surface area contributed by atoms with Gasteiger partial charge in [0.05, 0.1) is 23.5 Å². The lowest BCUT2D eigenvalue weighted by Gasteiger charge is -2.21. The summed E-state index contributed by atoms with van der Waals surface area (Å²) in [6.45, 7) is 0.912. The van der Waals surface area contributed by atoms with Gasteiger partial charge in [-0.15, -0.1) is 0 Å². The fourth-order valence-corrected chi connectivity index (χ4v) is 3.58. The number of likely N-dealkylation sites (N-methyl/N-ethyl adjacent to an activating group) is 1. The molecule has 1 aliphatic rings. The molecule has 28 heavy (non-hydrogen) atoms. The molecule has 144 valence electrons. The maximum Gasteiger partial charge on any atom is 0.239 e. The lowest BCUT2D eigenvalue weighted by molar-refractivity contribution is -0.132. The molecule has 3 aromatic rings. The van der Waals surface area contributed by atoms with Gasteiger partial charge < -0.3 is 15.3 Å². The summed E-state index contributed by atoms with van der Waals surface area (Å²) in [5.74, 6) is -0.0111. The van der Waals surface area contributed by atoms with Gasteiger partial charge >= 0.3 is 0 Å². The molecule has 1 saturated heterocycles. The number of aliphatic hydroxyl groups excluding tert-OH is 1. The first kappa shape index (κ1) is 18.4. The van der Waals surface area contributed by atoms with E-state index in [1.54, 1.807) is 11.9 Å². The maximum atomic E-state index is 12.7. The summed E-state index contributed by atoms with van der Waals surface area (Å²) < 4.78 is 1.85. The van der Waals surface area contributed by atoms with Gasteiger partial charge in [-0.05, 0) is 18.6 Å². The lowest BCUT2D eigenvalue weighted by atomic mass is 10.1. The highest BCUT2D eigenvalue weighted by atomic mass is 16.3. The van der Waals surface area contributed by atoms with Crippen LogP contribution in [0.4, 0.5) is 0 Å². The van der Waals surface area contributed by atoms with Crippen molar-refractivity contribution in [2.45, 2.75) is 25.1 Å². The third-order valence-corrected chi connectivity index (χ3v) is 5.05. The Morgan fingerprint density at radius 1 is 1.18 bits per heavy atom. The number of rotatable bonds is 5. The van der Waals surface area contributed by atoms with Crippen LogP contribution in [0.3, 0.4) is 0 Å². The number of para-hydroxylation sites is 1. The van der Waals surface area contributed by atoms with E-state index in [-0.39, 0.29) is 11.9 Å². The molecule has 4 rings (SSSR count). The van der Waals surface area contributed by atoms with Gasteiger partial charge in [-0.3, -0.25) is 4.79 Å². The van der Waals surface area contributed by atoms with Gasteiger partial charge in [-0.1, -0.05) is 48.5 Å². The molecule has 0 spiro atoms. The zero-order valence-electron chi connectivity index (χ0n) is 15.8. The smallest absolute Gasteiger partial charge is 0.239 e. The lowest BCUT2D eigenvalue weighted by Crippen LogP contribution is -2.41. The molecule has 1 amide bonds. The van der Waals surface area contributed by atoms with Crippen molar-refractivity contribution in [3.8, 4) is 16.9 Å². The molecule has 2 atom stereocenters. The van der Waals surface area contributed by atoms with Crippen LogP contribution in [0.25, 0.3) is 16.9 Å². The first-order valence-corrected chi connectivity index (χ1v) is 9.47. The predicted molar refractivity (Wildman–Crippen MR) is 108 cm³/mol. The molecule has 1 aromatic heterocycles. The zero-order chi connectivity index (χ0) is 19.5. The van der Waals surface area contributed by atoms with E-state index in [4.69, 9.17) is 5.10 Å². The normalized spacial score (nSPS) is 18.9. The highest BCUT2D eigenvalue weighted by molar-refractivity contribution is 5.82. The van der Waals surface area contributed by atoms with Crippen LogP contribution in [0, 0.1) is 0 Å². The summed E-state index contributed by atoms with van der Waals surface area (Å²) in [7, 11) is 1.79. The van der Waals surface area contributed by atoms with Crippen LogP contribution in [0.15, 0.2) is 66.9 Å². The van der Waals surface area contributed by atoms with Crippen molar-refractivity contribution in [2.24, 2.45) is 0 Å². The minimum atomic E-state index is -0.455. The molecule has 2 N–H and O–H groups in total. The van der Waals surface area contributed by atoms with E-state index in [2.05, 4.69) is 5.32 Å². The topological polar surface area (TPSA) is 70.4 Å². The fraction of sp³-hybridized carbons (Fsp3) is 0.273. The summed E-state index contributed by atoms with van der Waals surface area (Å²) in [4.78, 5) is 14.4. The van der Waals surface area contributed by atoms with Crippen LogP contribution in [-0.4, -0.2) is 51.4 Å². The number of carbonyl (C=O) groups is 1. The van der Waals surface area contributed by atoms with Gasteiger partial charge in [0, 0.05) is 37.5 Å². The Bertz CT molecular complexity index is 940. The monoisotopic (exact) mass is 376 g/mol. The van der Waals surface area contributed by atoms with E-state index in [9.17, 15) is 9.90 Å². The van der Waals surface area contributed by atoms with Gasteiger partial charge in [-0.2, -0.15) is 5.10 Å². The van der Waals surface area contributed by atoms with Crippen LogP contribution in [0.5, 0.6) is 0 Å². The number of hydrogen-bond acceptors (Lipinski definition) is 4. The Balaban J connectivity index is 1.63. The maximum absolute atomic E-state index is 12.7. The molecular formula is C22H24N4O2. The minimum absolute atomic E-state index is 0.0111. The van der Waals surface area contributed by atoms with E-state index in [0.717, 1.165) is 22.5 Å². The molecule has 0 radical (unpaired) electrons. The van der Waals surface area contributed by atoms with Gasteiger partial charge in [-0.25, -0.2) is 4.68 Å². The molecule has 2 heterocycles. The summed E-state index contributed by atoms with van der Waals surface area (Å²) in [6, 6.07) is 19.6. The summed E-state index contributed by atoms with van der Waals surface area (Å²) >= 11 is 0. The van der Waals surface area contributed by atoms with Crippen LogP contribution in [0.2, 0.25) is 0 Å². The van der Waals surface area contributed by atoms with Gasteiger partial charge in [0.1, 0.15) is 0 Å². The Labute approximate surface area is 164 Å². The van der Waals surface area contributed by atoms with Crippen LogP contribution in [-0.2, 0) is 11.3 Å². The van der Waals surface area contributed by atoms with E-state index in [0.29, 0.717) is 19.5 Å². The van der Waals surface area contributed by atoms with Crippen molar-refractivity contribution in [3.63, 3.8) is 0 Å². The molecule has 1 fully saturated rings. The van der Waals surface area contributed by atoms with E-state index in [1.807, 2.05) is 71.5 Å². The van der Waals surface area contributed by atoms with E-state index in [1.165, 1.54) is 0 Å². The van der Waals surface area contributed by atoms with Gasteiger partial charge in [0.2, 0.25) is 5.91 Å². The third-order valence-electron chi connectivity index (χ3n) is 5.05. The highest BCUT2D eigenvalue weighted by Gasteiger charge is 2.30. The van der Waals surface area contributed by atoms with Crippen LogP contribution < -0.4 is 5.32 Å². The van der Waals surface area contributed by atoms with Crippen molar-refractivity contribution in [2.75, 3.05) is 13.6 Å².